The Hall–Kier alpha value is -1.10. The lowest BCUT2D eigenvalue weighted by Crippen LogP contribution is -2.49. The average Bonchev–Trinajstić information content (AvgIpc) is 2.79. The zero-order valence-electron chi connectivity index (χ0n) is 9.95. The monoisotopic (exact) mass is 240 g/mol. The molecule has 2 fully saturated rings. The number of nitrogens with one attached hydrogen (secondary N) is 2. The summed E-state index contributed by atoms with van der Waals surface area (Å²) in [5.41, 5.74) is 0. The topological polar surface area (TPSA) is 78.4 Å². The summed E-state index contributed by atoms with van der Waals surface area (Å²) < 4.78 is 0. The van der Waals surface area contributed by atoms with Crippen molar-refractivity contribution in [2.24, 2.45) is 5.92 Å². The van der Waals surface area contributed by atoms with E-state index in [0.717, 1.165) is 32.2 Å². The third-order valence-corrected chi connectivity index (χ3v) is 3.76. The van der Waals surface area contributed by atoms with Crippen LogP contribution in [0.4, 0.5) is 0 Å². The van der Waals surface area contributed by atoms with E-state index in [-0.39, 0.29) is 23.9 Å². The normalized spacial score (nSPS) is 33.3. The van der Waals surface area contributed by atoms with Gasteiger partial charge in [-0.15, -0.1) is 0 Å². The summed E-state index contributed by atoms with van der Waals surface area (Å²) >= 11 is 0. The molecule has 96 valence electrons. The van der Waals surface area contributed by atoms with Gasteiger partial charge in [-0.25, -0.2) is 0 Å². The number of rotatable bonds is 3. The van der Waals surface area contributed by atoms with E-state index in [1.54, 1.807) is 0 Å². The molecule has 1 saturated carbocycles. The third-order valence-electron chi connectivity index (χ3n) is 3.76. The van der Waals surface area contributed by atoms with Crippen molar-refractivity contribution < 1.29 is 14.7 Å². The van der Waals surface area contributed by atoms with Gasteiger partial charge < -0.3 is 15.7 Å². The maximum absolute atomic E-state index is 11.9. The number of amides is 1. The number of hydrogen-bond donors (Lipinski definition) is 3. The zero-order chi connectivity index (χ0) is 12.3. The first kappa shape index (κ1) is 12.4. The second kappa shape index (κ2) is 5.49. The predicted octanol–water partition coefficient (Wildman–Crippen LogP) is 0.498. The van der Waals surface area contributed by atoms with Crippen molar-refractivity contribution in [2.75, 3.05) is 6.54 Å². The first-order chi connectivity index (χ1) is 8.16. The van der Waals surface area contributed by atoms with Crippen LogP contribution < -0.4 is 10.6 Å². The number of carboxylic acids is 1. The third kappa shape index (κ3) is 3.19. The molecule has 3 N–H and O–H groups in total. The summed E-state index contributed by atoms with van der Waals surface area (Å²) in [6.07, 6.45) is 5.16. The highest BCUT2D eigenvalue weighted by atomic mass is 16.4. The highest BCUT2D eigenvalue weighted by Gasteiger charge is 2.32. The van der Waals surface area contributed by atoms with Crippen molar-refractivity contribution in [1.82, 2.24) is 10.6 Å². The van der Waals surface area contributed by atoms with Crippen molar-refractivity contribution in [3.63, 3.8) is 0 Å². The number of aliphatic carboxylic acids is 1. The molecule has 0 aromatic rings. The molecule has 0 aromatic heterocycles. The van der Waals surface area contributed by atoms with Crippen LogP contribution in [0.1, 0.15) is 38.5 Å². The largest absolute Gasteiger partial charge is 0.481 e. The Labute approximate surface area is 101 Å². The SMILES string of the molecule is O=C(O)C1CCC(NC(=O)C2CCCCN2)C1. The van der Waals surface area contributed by atoms with Gasteiger partial charge in [-0.05, 0) is 38.6 Å². The molecule has 2 rings (SSSR count). The fourth-order valence-corrected chi connectivity index (χ4v) is 2.71. The van der Waals surface area contributed by atoms with Gasteiger partial charge in [0.1, 0.15) is 0 Å². The molecule has 3 atom stereocenters. The lowest BCUT2D eigenvalue weighted by atomic mass is 10.0. The number of piperidine rings is 1. The van der Waals surface area contributed by atoms with Crippen molar-refractivity contribution >= 4 is 11.9 Å². The minimum Gasteiger partial charge on any atom is -0.481 e. The molecule has 0 bridgehead atoms. The molecule has 1 aliphatic carbocycles. The van der Waals surface area contributed by atoms with E-state index in [4.69, 9.17) is 5.11 Å². The fourth-order valence-electron chi connectivity index (χ4n) is 2.71. The molecule has 2 aliphatic rings. The van der Waals surface area contributed by atoms with E-state index in [9.17, 15) is 9.59 Å². The van der Waals surface area contributed by atoms with Gasteiger partial charge >= 0.3 is 5.97 Å². The van der Waals surface area contributed by atoms with Crippen LogP contribution in [0.2, 0.25) is 0 Å². The van der Waals surface area contributed by atoms with Gasteiger partial charge in [0.15, 0.2) is 0 Å². The average molecular weight is 240 g/mol. The van der Waals surface area contributed by atoms with Gasteiger partial charge in [0.25, 0.3) is 0 Å². The van der Waals surface area contributed by atoms with Crippen LogP contribution in [0.5, 0.6) is 0 Å². The Balaban J connectivity index is 1.77. The highest BCUT2D eigenvalue weighted by molar-refractivity contribution is 5.82. The molecule has 5 nitrogen and oxygen atoms in total. The summed E-state index contributed by atoms with van der Waals surface area (Å²) in [7, 11) is 0. The van der Waals surface area contributed by atoms with E-state index < -0.39 is 5.97 Å². The minimum absolute atomic E-state index is 0.0424. The van der Waals surface area contributed by atoms with Gasteiger partial charge in [0.2, 0.25) is 5.91 Å². The van der Waals surface area contributed by atoms with Crippen molar-refractivity contribution in [3.8, 4) is 0 Å². The van der Waals surface area contributed by atoms with E-state index in [1.807, 2.05) is 0 Å². The van der Waals surface area contributed by atoms with Crippen molar-refractivity contribution in [2.45, 2.75) is 50.6 Å². The van der Waals surface area contributed by atoms with Gasteiger partial charge in [0, 0.05) is 6.04 Å². The van der Waals surface area contributed by atoms with Crippen LogP contribution in [0.15, 0.2) is 0 Å². The standard InChI is InChI=1S/C12H20N2O3/c15-11(10-3-1-2-6-13-10)14-9-5-4-8(7-9)12(16)17/h8-10,13H,1-7H2,(H,14,15)(H,16,17). The van der Waals surface area contributed by atoms with Gasteiger partial charge in [-0.1, -0.05) is 6.42 Å². The Morgan fingerprint density at radius 1 is 1.18 bits per heavy atom. The second-order valence-electron chi connectivity index (χ2n) is 5.06. The first-order valence-electron chi connectivity index (χ1n) is 6.43. The predicted molar refractivity (Wildman–Crippen MR) is 62.5 cm³/mol. The Kier molecular flexibility index (Phi) is 3.99. The zero-order valence-corrected chi connectivity index (χ0v) is 9.95. The summed E-state index contributed by atoms with van der Waals surface area (Å²) in [6.45, 7) is 0.903. The van der Waals surface area contributed by atoms with E-state index in [0.29, 0.717) is 12.8 Å². The smallest absolute Gasteiger partial charge is 0.306 e. The maximum atomic E-state index is 11.9. The van der Waals surface area contributed by atoms with Crippen LogP contribution in [-0.2, 0) is 9.59 Å². The van der Waals surface area contributed by atoms with Crippen molar-refractivity contribution in [1.29, 1.82) is 0 Å². The van der Waals surface area contributed by atoms with Crippen LogP contribution >= 0.6 is 0 Å². The maximum Gasteiger partial charge on any atom is 0.306 e. The molecule has 0 radical (unpaired) electrons. The summed E-state index contributed by atoms with van der Waals surface area (Å²) in [6, 6.07) is -0.0278. The summed E-state index contributed by atoms with van der Waals surface area (Å²) in [4.78, 5) is 22.7. The minimum atomic E-state index is -0.738. The molecule has 17 heavy (non-hydrogen) atoms. The van der Waals surface area contributed by atoms with Crippen molar-refractivity contribution in [3.05, 3.63) is 0 Å². The summed E-state index contributed by atoms with van der Waals surface area (Å²) in [5.74, 6) is -0.974. The molecule has 0 spiro atoms. The second-order valence-corrected chi connectivity index (χ2v) is 5.06. The fraction of sp³-hybridized carbons (Fsp3) is 0.833. The Morgan fingerprint density at radius 2 is 2.00 bits per heavy atom. The van der Waals surface area contributed by atoms with E-state index in [1.165, 1.54) is 0 Å². The van der Waals surface area contributed by atoms with Crippen LogP contribution in [0, 0.1) is 5.92 Å². The quantitative estimate of drug-likeness (QED) is 0.671. The Morgan fingerprint density at radius 3 is 2.59 bits per heavy atom. The molecule has 3 unspecified atom stereocenters. The lowest BCUT2D eigenvalue weighted by Gasteiger charge is -2.24. The highest BCUT2D eigenvalue weighted by Crippen LogP contribution is 2.25. The molecular weight excluding hydrogens is 220 g/mol. The van der Waals surface area contributed by atoms with E-state index in [2.05, 4.69) is 10.6 Å². The number of carboxylic acid groups (broad SMARTS) is 1. The molecule has 1 aliphatic heterocycles. The number of carbonyl (C=O) groups is 2. The van der Waals surface area contributed by atoms with Crippen LogP contribution in [0.3, 0.4) is 0 Å². The molecule has 1 heterocycles. The summed E-state index contributed by atoms with van der Waals surface area (Å²) in [5, 5.41) is 15.1. The molecule has 1 amide bonds. The Bertz CT molecular complexity index is 300. The van der Waals surface area contributed by atoms with Gasteiger partial charge in [-0.3, -0.25) is 9.59 Å². The van der Waals surface area contributed by atoms with Crippen LogP contribution in [0.25, 0.3) is 0 Å². The number of hydrogen-bond acceptors (Lipinski definition) is 3. The van der Waals surface area contributed by atoms with E-state index >= 15 is 0 Å². The first-order valence-corrected chi connectivity index (χ1v) is 6.43. The molecular formula is C12H20N2O3. The van der Waals surface area contributed by atoms with Gasteiger partial charge in [0.05, 0.1) is 12.0 Å². The van der Waals surface area contributed by atoms with Crippen LogP contribution in [-0.4, -0.2) is 35.6 Å². The number of carbonyl (C=O) groups excluding carboxylic acids is 1. The van der Waals surface area contributed by atoms with Gasteiger partial charge in [-0.2, -0.15) is 0 Å². The lowest BCUT2D eigenvalue weighted by molar-refractivity contribution is -0.141. The molecule has 5 heteroatoms. The molecule has 1 saturated heterocycles. The molecule has 0 aromatic carbocycles.